The van der Waals surface area contributed by atoms with Crippen molar-refractivity contribution < 1.29 is 24.6 Å². The fourth-order valence-corrected chi connectivity index (χ4v) is 1.96. The molecule has 0 aliphatic heterocycles. The summed E-state index contributed by atoms with van der Waals surface area (Å²) >= 11 is 6.02. The second-order valence-corrected chi connectivity index (χ2v) is 5.88. The maximum atomic E-state index is 11.9. The Bertz CT molecular complexity index is 580. The summed E-state index contributed by atoms with van der Waals surface area (Å²) in [6, 6.07) is 5.54. The summed E-state index contributed by atoms with van der Waals surface area (Å²) in [6.07, 6.45) is 2.86. The summed E-state index contributed by atoms with van der Waals surface area (Å²) in [7, 11) is 2.05. The number of benzene rings is 1. The van der Waals surface area contributed by atoms with E-state index in [2.05, 4.69) is 17.1 Å². The molecule has 0 atom stereocenters. The van der Waals surface area contributed by atoms with Gasteiger partial charge in [0.25, 0.3) is 0 Å². The third-order valence-electron chi connectivity index (χ3n) is 3.34. The molecular weight excluding hydrogens is 348 g/mol. The lowest BCUT2D eigenvalue weighted by Gasteiger charge is -2.16. The topological polar surface area (TPSA) is 107 Å². The Hall–Kier alpha value is -2.12. The number of nitrogens with zero attached hydrogens (tertiary/aromatic N) is 1. The van der Waals surface area contributed by atoms with Gasteiger partial charge in [0.1, 0.15) is 0 Å². The summed E-state index contributed by atoms with van der Waals surface area (Å²) in [5, 5.41) is 18.4. The van der Waals surface area contributed by atoms with Gasteiger partial charge < -0.3 is 20.4 Å². The second kappa shape index (κ2) is 12.3. The maximum absolute atomic E-state index is 11.9. The van der Waals surface area contributed by atoms with Crippen molar-refractivity contribution >= 4 is 35.1 Å². The fourth-order valence-electron chi connectivity index (χ4n) is 1.79. The fraction of sp³-hybridized carbons (Fsp3) is 0.471. The largest absolute Gasteiger partial charge is 0.473 e. The molecule has 0 aliphatic rings. The molecule has 0 radical (unpaired) electrons. The average molecular weight is 373 g/mol. The van der Waals surface area contributed by atoms with E-state index < -0.39 is 11.9 Å². The minimum atomic E-state index is -1.82. The Balaban J connectivity index is 0.000000823. The van der Waals surface area contributed by atoms with E-state index in [9.17, 15) is 4.79 Å². The van der Waals surface area contributed by atoms with Crippen LogP contribution in [0.15, 0.2) is 18.2 Å². The van der Waals surface area contributed by atoms with Gasteiger partial charge in [0.2, 0.25) is 5.91 Å². The minimum Gasteiger partial charge on any atom is -0.473 e. The first-order valence-corrected chi connectivity index (χ1v) is 8.26. The van der Waals surface area contributed by atoms with Gasteiger partial charge in [-0.25, -0.2) is 9.59 Å². The van der Waals surface area contributed by atoms with Crippen LogP contribution in [0, 0.1) is 6.92 Å². The highest BCUT2D eigenvalue weighted by molar-refractivity contribution is 6.31. The third kappa shape index (κ3) is 10.4. The zero-order chi connectivity index (χ0) is 19.4. The number of nitrogens with one attached hydrogen (secondary N) is 1. The quantitative estimate of drug-likeness (QED) is 0.635. The highest BCUT2D eigenvalue weighted by atomic mass is 35.5. The van der Waals surface area contributed by atoms with Gasteiger partial charge in [0, 0.05) is 23.7 Å². The number of carbonyl (C=O) groups is 3. The molecule has 0 saturated carbocycles. The monoisotopic (exact) mass is 372 g/mol. The molecule has 3 N–H and O–H groups in total. The first-order chi connectivity index (χ1) is 11.7. The van der Waals surface area contributed by atoms with E-state index in [0.29, 0.717) is 11.4 Å². The van der Waals surface area contributed by atoms with Crippen molar-refractivity contribution in [1.29, 1.82) is 0 Å². The van der Waals surface area contributed by atoms with Crippen LogP contribution in [0.3, 0.4) is 0 Å². The summed E-state index contributed by atoms with van der Waals surface area (Å²) < 4.78 is 0. The van der Waals surface area contributed by atoms with Crippen LogP contribution < -0.4 is 5.32 Å². The van der Waals surface area contributed by atoms with Crippen molar-refractivity contribution in [1.82, 2.24) is 4.90 Å². The smallest absolute Gasteiger partial charge is 0.414 e. The Morgan fingerprint density at radius 1 is 1.16 bits per heavy atom. The first kappa shape index (κ1) is 22.9. The number of halogens is 1. The number of hydrogen-bond acceptors (Lipinski definition) is 4. The van der Waals surface area contributed by atoms with E-state index in [1.54, 1.807) is 0 Å². The van der Waals surface area contributed by atoms with Gasteiger partial charge in [-0.05, 0) is 44.6 Å². The van der Waals surface area contributed by atoms with E-state index in [1.807, 2.05) is 32.2 Å². The number of rotatable bonds is 7. The molecule has 1 amide bonds. The number of amides is 1. The molecule has 1 aromatic rings. The molecule has 0 aliphatic carbocycles. The predicted octanol–water partition coefficient (Wildman–Crippen LogP) is 2.86. The van der Waals surface area contributed by atoms with Gasteiger partial charge in [0.15, 0.2) is 0 Å². The van der Waals surface area contributed by atoms with Gasteiger partial charge in [-0.3, -0.25) is 4.79 Å². The Kier molecular flexibility index (Phi) is 11.2. The molecular formula is C17H25ClN2O5. The Morgan fingerprint density at radius 2 is 1.76 bits per heavy atom. The molecule has 7 nitrogen and oxygen atoms in total. The highest BCUT2D eigenvalue weighted by Crippen LogP contribution is 2.22. The Labute approximate surface area is 152 Å². The summed E-state index contributed by atoms with van der Waals surface area (Å²) in [4.78, 5) is 32.3. The maximum Gasteiger partial charge on any atom is 0.414 e. The van der Waals surface area contributed by atoms with Crippen LogP contribution in [0.1, 0.15) is 31.7 Å². The van der Waals surface area contributed by atoms with Crippen molar-refractivity contribution in [2.45, 2.75) is 33.1 Å². The van der Waals surface area contributed by atoms with Crippen LogP contribution in [-0.2, 0) is 14.4 Å². The molecule has 0 spiro atoms. The van der Waals surface area contributed by atoms with E-state index in [4.69, 9.17) is 31.4 Å². The van der Waals surface area contributed by atoms with E-state index in [1.165, 1.54) is 12.8 Å². The predicted molar refractivity (Wildman–Crippen MR) is 97.1 cm³/mol. The number of carboxylic acids is 2. The zero-order valence-corrected chi connectivity index (χ0v) is 15.5. The van der Waals surface area contributed by atoms with E-state index >= 15 is 0 Å². The van der Waals surface area contributed by atoms with Crippen LogP contribution in [0.4, 0.5) is 5.69 Å². The number of hydrogen-bond donors (Lipinski definition) is 3. The van der Waals surface area contributed by atoms with Crippen molar-refractivity contribution in [2.24, 2.45) is 0 Å². The van der Waals surface area contributed by atoms with Gasteiger partial charge in [0.05, 0.1) is 0 Å². The van der Waals surface area contributed by atoms with Crippen molar-refractivity contribution in [2.75, 3.05) is 25.5 Å². The number of anilines is 1. The van der Waals surface area contributed by atoms with Gasteiger partial charge in [-0.2, -0.15) is 0 Å². The summed E-state index contributed by atoms with van der Waals surface area (Å²) in [6.45, 7) is 5.90. The average Bonchev–Trinajstić information content (AvgIpc) is 2.55. The lowest BCUT2D eigenvalue weighted by Crippen LogP contribution is -2.25. The van der Waals surface area contributed by atoms with Crippen LogP contribution in [-0.4, -0.2) is 53.1 Å². The zero-order valence-electron chi connectivity index (χ0n) is 14.7. The van der Waals surface area contributed by atoms with E-state index in [-0.39, 0.29) is 5.91 Å². The lowest BCUT2D eigenvalue weighted by molar-refractivity contribution is -0.159. The standard InChI is InChI=1S/C15H23ClN2O.C2H2O4/c1-4-5-10-18(3)11-9-15(19)17-14-8-6-7-13(16)12(14)2;3-1(4)2(5)6/h6-8H,4-5,9-11H2,1-3H3,(H,17,19);(H,3,4)(H,5,6). The second-order valence-electron chi connectivity index (χ2n) is 5.48. The van der Waals surface area contributed by atoms with Crippen molar-refractivity contribution in [3.8, 4) is 0 Å². The molecule has 0 fully saturated rings. The van der Waals surface area contributed by atoms with Crippen LogP contribution in [0.5, 0.6) is 0 Å². The molecule has 1 aromatic carbocycles. The van der Waals surface area contributed by atoms with Crippen molar-refractivity contribution in [3.63, 3.8) is 0 Å². The third-order valence-corrected chi connectivity index (χ3v) is 3.75. The molecule has 0 aromatic heterocycles. The SMILES string of the molecule is CCCCN(C)CCC(=O)Nc1cccc(Cl)c1C.O=C(O)C(=O)O. The number of unbranched alkanes of at least 4 members (excludes halogenated alkanes) is 1. The lowest BCUT2D eigenvalue weighted by atomic mass is 10.2. The number of carboxylic acid groups (broad SMARTS) is 2. The summed E-state index contributed by atoms with van der Waals surface area (Å²) in [5.74, 6) is -3.61. The Morgan fingerprint density at radius 3 is 2.28 bits per heavy atom. The van der Waals surface area contributed by atoms with Gasteiger partial charge in [-0.1, -0.05) is 31.0 Å². The first-order valence-electron chi connectivity index (χ1n) is 7.88. The molecule has 0 bridgehead atoms. The number of carbonyl (C=O) groups excluding carboxylic acids is 1. The minimum absolute atomic E-state index is 0.0358. The molecule has 8 heteroatoms. The molecule has 0 saturated heterocycles. The molecule has 140 valence electrons. The number of aliphatic carboxylic acids is 2. The van der Waals surface area contributed by atoms with Crippen LogP contribution in [0.2, 0.25) is 5.02 Å². The molecule has 25 heavy (non-hydrogen) atoms. The normalized spacial score (nSPS) is 9.96. The molecule has 0 heterocycles. The van der Waals surface area contributed by atoms with Gasteiger partial charge >= 0.3 is 11.9 Å². The van der Waals surface area contributed by atoms with Crippen LogP contribution in [0.25, 0.3) is 0 Å². The van der Waals surface area contributed by atoms with Crippen molar-refractivity contribution in [3.05, 3.63) is 28.8 Å². The summed E-state index contributed by atoms with van der Waals surface area (Å²) in [5.41, 5.74) is 1.71. The van der Waals surface area contributed by atoms with Gasteiger partial charge in [-0.15, -0.1) is 0 Å². The highest BCUT2D eigenvalue weighted by Gasteiger charge is 2.08. The molecule has 1 rings (SSSR count). The van der Waals surface area contributed by atoms with Crippen LogP contribution >= 0.6 is 11.6 Å². The molecule has 0 unspecified atom stereocenters. The van der Waals surface area contributed by atoms with E-state index in [0.717, 1.165) is 24.3 Å².